The van der Waals surface area contributed by atoms with Crippen LogP contribution in [0.25, 0.3) is 11.1 Å². The van der Waals surface area contributed by atoms with E-state index in [1.54, 1.807) is 25.6 Å². The van der Waals surface area contributed by atoms with Crippen LogP contribution in [-0.4, -0.2) is 36.2 Å². The number of hydrogen-bond acceptors (Lipinski definition) is 8. The highest BCUT2D eigenvalue weighted by molar-refractivity contribution is 5.82. The molecular weight excluding hydrogens is 422 g/mol. The van der Waals surface area contributed by atoms with Crippen molar-refractivity contribution < 1.29 is 23.4 Å². The van der Waals surface area contributed by atoms with Gasteiger partial charge in [0, 0.05) is 24.7 Å². The maximum atomic E-state index is 12.8. The van der Waals surface area contributed by atoms with Crippen molar-refractivity contribution in [1.29, 1.82) is 0 Å². The van der Waals surface area contributed by atoms with Crippen LogP contribution in [-0.2, 0) is 29.1 Å². The summed E-state index contributed by atoms with van der Waals surface area (Å²) in [6.45, 7) is 0.791. The minimum Gasteiger partial charge on any atom is -0.493 e. The van der Waals surface area contributed by atoms with Crippen LogP contribution >= 0.6 is 0 Å². The lowest BCUT2D eigenvalue weighted by Gasteiger charge is -2.35. The first kappa shape index (κ1) is 20.8. The fraction of sp³-hybridized carbons (Fsp3) is 0.240. The van der Waals surface area contributed by atoms with Crippen molar-refractivity contribution in [3.8, 4) is 11.5 Å². The maximum Gasteiger partial charge on any atom is 0.329 e. The highest BCUT2D eigenvalue weighted by Gasteiger charge is 2.37. The lowest BCUT2D eigenvalue weighted by atomic mass is 9.92. The molecule has 8 heteroatoms. The molecule has 0 aliphatic carbocycles. The first-order valence-electron chi connectivity index (χ1n) is 10.6. The molecule has 0 spiro atoms. The molecule has 0 radical (unpaired) electrons. The van der Waals surface area contributed by atoms with Crippen LogP contribution in [0.2, 0.25) is 0 Å². The van der Waals surface area contributed by atoms with Gasteiger partial charge in [0.1, 0.15) is 18.2 Å². The third-order valence-corrected chi connectivity index (χ3v) is 5.78. The normalized spacial score (nSPS) is 15.2. The van der Waals surface area contributed by atoms with E-state index in [-0.39, 0.29) is 5.97 Å². The van der Waals surface area contributed by atoms with Gasteiger partial charge in [0.2, 0.25) is 0 Å². The van der Waals surface area contributed by atoms with Crippen LogP contribution in [0, 0.1) is 0 Å². The number of carbonyl (C=O) groups excluding carboxylic acids is 1. The minimum absolute atomic E-state index is 0.349. The number of aromatic nitrogens is 2. The fourth-order valence-corrected chi connectivity index (χ4v) is 4.10. The quantitative estimate of drug-likeness (QED) is 0.413. The van der Waals surface area contributed by atoms with Crippen molar-refractivity contribution >= 4 is 23.1 Å². The third-order valence-electron chi connectivity index (χ3n) is 5.78. The number of ether oxygens (including phenoxy) is 3. The van der Waals surface area contributed by atoms with E-state index in [1.165, 1.54) is 7.11 Å². The summed E-state index contributed by atoms with van der Waals surface area (Å²) >= 11 is 0. The molecule has 0 saturated heterocycles. The van der Waals surface area contributed by atoms with Crippen molar-refractivity contribution in [2.75, 3.05) is 19.1 Å². The Balaban J connectivity index is 1.53. The van der Waals surface area contributed by atoms with Crippen molar-refractivity contribution in [2.24, 2.45) is 0 Å². The molecule has 8 nitrogen and oxygen atoms in total. The highest BCUT2D eigenvalue weighted by Crippen LogP contribution is 2.40. The molecule has 0 N–H and O–H groups in total. The van der Waals surface area contributed by atoms with Gasteiger partial charge in [-0.05, 0) is 23.3 Å². The molecule has 0 fully saturated rings. The lowest BCUT2D eigenvalue weighted by molar-refractivity contribution is -0.142. The van der Waals surface area contributed by atoms with Gasteiger partial charge in [0.25, 0.3) is 6.01 Å². The van der Waals surface area contributed by atoms with Crippen LogP contribution in [0.15, 0.2) is 65.3 Å². The first-order valence-corrected chi connectivity index (χ1v) is 10.6. The molecule has 3 heterocycles. The van der Waals surface area contributed by atoms with Crippen molar-refractivity contribution in [3.05, 3.63) is 77.6 Å². The number of anilines is 1. The van der Waals surface area contributed by atoms with Crippen molar-refractivity contribution in [3.63, 3.8) is 0 Å². The zero-order valence-electron chi connectivity index (χ0n) is 18.4. The van der Waals surface area contributed by atoms with E-state index in [4.69, 9.17) is 18.6 Å². The van der Waals surface area contributed by atoms with Crippen LogP contribution in [0.1, 0.15) is 16.7 Å². The number of pyridine rings is 1. The molecule has 2 aromatic heterocycles. The second kappa shape index (κ2) is 8.82. The molecule has 0 bridgehead atoms. The van der Waals surface area contributed by atoms with Crippen LogP contribution in [0.3, 0.4) is 0 Å². The molecular formula is C25H23N3O5. The number of carbonyl (C=O) groups is 1. The Morgan fingerprint density at radius 1 is 1.15 bits per heavy atom. The summed E-state index contributed by atoms with van der Waals surface area (Å²) in [5, 5.41) is 0. The number of esters is 1. The largest absolute Gasteiger partial charge is 0.493 e. The Morgan fingerprint density at radius 3 is 2.76 bits per heavy atom. The number of oxazole rings is 1. The van der Waals surface area contributed by atoms with E-state index >= 15 is 0 Å². The van der Waals surface area contributed by atoms with E-state index in [2.05, 4.69) is 9.97 Å². The van der Waals surface area contributed by atoms with Gasteiger partial charge in [-0.2, -0.15) is 4.98 Å². The second-order valence-corrected chi connectivity index (χ2v) is 7.72. The van der Waals surface area contributed by atoms with E-state index in [9.17, 15) is 4.79 Å². The molecule has 1 aliphatic rings. The van der Waals surface area contributed by atoms with Gasteiger partial charge in [0.05, 0.1) is 20.4 Å². The standard InChI is InChI=1S/C25H23N3O5/c1-30-21-9-8-17-14-28(25-27-19-10-11-26-13-22(19)33-25)20(24(29)31-2)12-18(17)23(21)32-15-16-6-4-3-5-7-16/h3-11,13,20H,12,14-15H2,1-2H3/t20-/m0/s1. The summed E-state index contributed by atoms with van der Waals surface area (Å²) in [7, 11) is 2.99. The van der Waals surface area contributed by atoms with E-state index in [0.29, 0.717) is 48.2 Å². The summed E-state index contributed by atoms with van der Waals surface area (Å²) in [5.41, 5.74) is 4.19. The molecule has 1 aliphatic heterocycles. The molecule has 0 amide bonds. The average Bonchev–Trinajstić information content (AvgIpc) is 3.30. The molecule has 1 atom stereocenters. The van der Waals surface area contributed by atoms with Crippen LogP contribution < -0.4 is 14.4 Å². The monoisotopic (exact) mass is 445 g/mol. The number of hydrogen-bond donors (Lipinski definition) is 0. The maximum absolute atomic E-state index is 12.8. The van der Waals surface area contributed by atoms with Gasteiger partial charge in [-0.25, -0.2) is 4.79 Å². The molecule has 5 rings (SSSR count). The van der Waals surface area contributed by atoms with Gasteiger partial charge in [-0.1, -0.05) is 36.4 Å². The fourth-order valence-electron chi connectivity index (χ4n) is 4.10. The Morgan fingerprint density at radius 2 is 2.00 bits per heavy atom. The Labute approximate surface area is 190 Å². The number of benzene rings is 2. The third kappa shape index (κ3) is 3.95. The SMILES string of the molecule is COC(=O)[C@@H]1Cc2c(ccc(OC)c2OCc2ccccc2)CN1c1nc2ccncc2o1. The number of rotatable bonds is 6. The number of nitrogens with zero attached hydrogens (tertiary/aromatic N) is 3. The number of methoxy groups -OCH3 is 2. The first-order chi connectivity index (χ1) is 16.2. The lowest BCUT2D eigenvalue weighted by Crippen LogP contribution is -2.46. The van der Waals surface area contributed by atoms with Crippen molar-refractivity contribution in [1.82, 2.24) is 9.97 Å². The van der Waals surface area contributed by atoms with Gasteiger partial charge < -0.3 is 23.5 Å². The van der Waals surface area contributed by atoms with E-state index < -0.39 is 6.04 Å². The molecule has 2 aromatic carbocycles. The van der Waals surface area contributed by atoms with E-state index in [1.807, 2.05) is 47.4 Å². The number of fused-ring (bicyclic) bond motifs is 2. The molecule has 168 valence electrons. The highest BCUT2D eigenvalue weighted by atomic mass is 16.5. The van der Waals surface area contributed by atoms with Gasteiger partial charge >= 0.3 is 5.97 Å². The minimum atomic E-state index is -0.630. The second-order valence-electron chi connectivity index (χ2n) is 7.72. The Bertz CT molecular complexity index is 1250. The summed E-state index contributed by atoms with van der Waals surface area (Å²) in [5.74, 6) is 0.877. The summed E-state index contributed by atoms with van der Waals surface area (Å²) in [6, 6.07) is 15.3. The Hall–Kier alpha value is -4.07. The molecule has 0 unspecified atom stereocenters. The summed E-state index contributed by atoms with van der Waals surface area (Å²) in [6.07, 6.45) is 3.62. The van der Waals surface area contributed by atoms with Crippen LogP contribution in [0.5, 0.6) is 11.5 Å². The predicted molar refractivity (Wildman–Crippen MR) is 121 cm³/mol. The Kier molecular flexibility index (Phi) is 5.56. The smallest absolute Gasteiger partial charge is 0.329 e. The van der Waals surface area contributed by atoms with Crippen molar-refractivity contribution in [2.45, 2.75) is 25.6 Å². The van der Waals surface area contributed by atoms with Gasteiger partial charge in [-0.3, -0.25) is 4.98 Å². The molecule has 33 heavy (non-hydrogen) atoms. The topological polar surface area (TPSA) is 86.9 Å². The van der Waals surface area contributed by atoms with E-state index in [0.717, 1.165) is 16.7 Å². The molecule has 0 saturated carbocycles. The zero-order valence-corrected chi connectivity index (χ0v) is 18.4. The van der Waals surface area contributed by atoms with Gasteiger partial charge in [0.15, 0.2) is 17.1 Å². The van der Waals surface area contributed by atoms with Gasteiger partial charge in [-0.15, -0.1) is 0 Å². The molecule has 4 aromatic rings. The zero-order chi connectivity index (χ0) is 22.8. The summed E-state index contributed by atoms with van der Waals surface area (Å²) < 4.78 is 22.8. The predicted octanol–water partition coefficient (Wildman–Crippen LogP) is 3.91. The summed E-state index contributed by atoms with van der Waals surface area (Å²) in [4.78, 5) is 23.3. The van der Waals surface area contributed by atoms with Crippen LogP contribution in [0.4, 0.5) is 6.01 Å². The average molecular weight is 445 g/mol.